The Hall–Kier alpha value is 3.01. The Labute approximate surface area is 444 Å². The normalized spacial score (nSPS) is 40.5. The summed E-state index contributed by atoms with van der Waals surface area (Å²) in [5.41, 5.74) is 2.79. The van der Waals surface area contributed by atoms with Crippen molar-refractivity contribution in [2.24, 2.45) is 94.7 Å². The second-order valence-electron chi connectivity index (χ2n) is 20.5. The van der Waals surface area contributed by atoms with Gasteiger partial charge in [-0.05, 0) is 170 Å². The summed E-state index contributed by atoms with van der Waals surface area (Å²) in [6.07, 6.45) is 10.5. The molecule has 1 nitrogen and oxygen atoms in total. The van der Waals surface area contributed by atoms with Gasteiger partial charge in [0.2, 0.25) is 0 Å². The van der Waals surface area contributed by atoms with Crippen LogP contribution in [0.15, 0.2) is 24.3 Å². The zero-order chi connectivity index (χ0) is 44.2. The quantitative estimate of drug-likeness (QED) is 0.211. The van der Waals surface area contributed by atoms with Gasteiger partial charge in [0.05, 0.1) is 0 Å². The van der Waals surface area contributed by atoms with Crippen molar-refractivity contribution in [3.05, 3.63) is 59.5 Å². The summed E-state index contributed by atoms with van der Waals surface area (Å²) in [7, 11) is 23.9. The molecule has 0 amide bonds. The molecule has 364 valence electrons. The van der Waals surface area contributed by atoms with Crippen LogP contribution in [0.2, 0.25) is 0 Å². The van der Waals surface area contributed by atoms with Gasteiger partial charge in [-0.25, -0.2) is 0 Å². The summed E-state index contributed by atoms with van der Waals surface area (Å²) in [4.78, 5) is 2.86. The van der Waals surface area contributed by atoms with E-state index in [1.807, 2.05) is 0 Å². The number of nitrogens with zero attached hydrogens (tertiary/aromatic N) is 1. The molecular formula is C52H94BrCl6NZr2. The van der Waals surface area contributed by atoms with Crippen molar-refractivity contribution in [3.63, 3.8) is 0 Å². The average Bonchev–Trinajstić information content (AvgIpc) is 3.84. The molecule has 10 heteroatoms. The molecule has 6 saturated carbocycles. The maximum atomic E-state index is 6.55. The number of alkyl halides is 3. The van der Waals surface area contributed by atoms with Crippen LogP contribution in [-0.2, 0) is 41.7 Å². The third-order valence-electron chi connectivity index (χ3n) is 17.2. The van der Waals surface area contributed by atoms with Crippen LogP contribution in [-0.4, -0.2) is 29.7 Å². The van der Waals surface area contributed by atoms with E-state index in [1.165, 1.54) is 56.2 Å². The average molecular weight is 1210 g/mol. The van der Waals surface area contributed by atoms with Crippen molar-refractivity contribution in [3.8, 4) is 0 Å². The van der Waals surface area contributed by atoms with Crippen LogP contribution in [0.1, 0.15) is 146 Å². The van der Waals surface area contributed by atoms with E-state index in [9.17, 15) is 0 Å². The number of fused-ring (bicyclic) bond motifs is 2. The molecule has 0 aliphatic heterocycles. The fourth-order valence-electron chi connectivity index (χ4n) is 12.3. The van der Waals surface area contributed by atoms with Crippen LogP contribution in [0.25, 0.3) is 0 Å². The van der Waals surface area contributed by atoms with Crippen molar-refractivity contribution >= 4 is 78.9 Å². The van der Waals surface area contributed by atoms with E-state index in [0.717, 1.165) is 101 Å². The van der Waals surface area contributed by atoms with E-state index in [4.69, 9.17) is 57.3 Å². The third kappa shape index (κ3) is 20.4. The molecule has 0 bridgehead atoms. The SMILES string of the molecule is CC1C(C)C(C)C(C)C1C.CC1C(C)C(C)C(C)C1C.CC1CC2CC(Cl)CC(Br)C2C1.CC1CC2CC(Cl)CC(c3ccc(N(C)C)cc3)C2C1.[CH3-].[CH3-].[CH3-].[CH3-].[Cl][Zr+2][Cl].[Cl][Zr+2][Cl]. The zero-order valence-corrected chi connectivity index (χ0v) is 53.6. The number of anilines is 1. The molecule has 6 fully saturated rings. The molecule has 0 spiro atoms. The first-order valence-electron chi connectivity index (χ1n) is 22.8. The van der Waals surface area contributed by atoms with Gasteiger partial charge >= 0.3 is 75.7 Å². The summed E-state index contributed by atoms with van der Waals surface area (Å²) >= 11 is 14.9. The van der Waals surface area contributed by atoms with E-state index in [-0.39, 0.29) is 29.7 Å². The minimum absolute atomic E-state index is 0. The Morgan fingerprint density at radius 1 is 0.452 bits per heavy atom. The molecule has 6 aliphatic rings. The first-order valence-corrected chi connectivity index (χ1v) is 37.2. The van der Waals surface area contributed by atoms with Gasteiger partial charge in [-0.15, -0.1) is 23.2 Å². The summed E-state index contributed by atoms with van der Waals surface area (Å²) < 4.78 is 0. The van der Waals surface area contributed by atoms with Crippen LogP contribution in [0.4, 0.5) is 5.69 Å². The predicted molar refractivity (Wildman–Crippen MR) is 285 cm³/mol. The molecule has 1 aromatic carbocycles. The van der Waals surface area contributed by atoms with Gasteiger partial charge in [-0.3, -0.25) is 0 Å². The van der Waals surface area contributed by atoms with Crippen molar-refractivity contribution in [1.82, 2.24) is 0 Å². The minimum atomic E-state index is -0.826. The van der Waals surface area contributed by atoms with E-state index in [2.05, 4.69) is 142 Å². The molecule has 0 radical (unpaired) electrons. The number of rotatable bonds is 2. The van der Waals surface area contributed by atoms with E-state index >= 15 is 0 Å². The van der Waals surface area contributed by atoms with Crippen LogP contribution < -0.4 is 4.90 Å². The maximum absolute atomic E-state index is 6.55. The summed E-state index contributed by atoms with van der Waals surface area (Å²) in [6.45, 7) is 28.8. The van der Waals surface area contributed by atoms with Crippen LogP contribution in [0, 0.1) is 124 Å². The zero-order valence-electron chi connectivity index (χ0n) is 42.6. The second kappa shape index (κ2) is 34.4. The molecular weight excluding hydrogens is 1110 g/mol. The summed E-state index contributed by atoms with van der Waals surface area (Å²) in [5, 5.41) is 0.806. The van der Waals surface area contributed by atoms with Gasteiger partial charge in [-0.2, -0.15) is 0 Å². The van der Waals surface area contributed by atoms with Crippen molar-refractivity contribution in [1.29, 1.82) is 0 Å². The Morgan fingerprint density at radius 3 is 1.06 bits per heavy atom. The van der Waals surface area contributed by atoms with Crippen molar-refractivity contribution < 1.29 is 41.7 Å². The topological polar surface area (TPSA) is 3.24 Å². The Kier molecular flexibility index (Phi) is 38.4. The van der Waals surface area contributed by atoms with Crippen molar-refractivity contribution in [2.45, 2.75) is 156 Å². The fourth-order valence-corrected chi connectivity index (χ4v) is 14.4. The third-order valence-corrected chi connectivity index (χ3v) is 19.0. The molecule has 7 rings (SSSR count). The second-order valence-corrected chi connectivity index (χ2v) is 30.4. The van der Waals surface area contributed by atoms with E-state index in [1.54, 1.807) is 0 Å². The number of hydrogen-bond donors (Lipinski definition) is 0. The van der Waals surface area contributed by atoms with Gasteiger partial charge in [0.25, 0.3) is 0 Å². The van der Waals surface area contributed by atoms with Crippen LogP contribution >= 0.6 is 73.2 Å². The molecule has 10 unspecified atom stereocenters. The standard InChI is InChI=1S/C18H26ClN.C10H16BrCl.2C10H20.4CH3.4ClH.2Zr/c1-12-8-14-10-15(19)11-18(17(14)9-12)13-4-6-16(7-5-13)20(2)3;1-6-2-7-4-8(12)5-10(11)9(7)3-6;2*1-6-7(2)9(4)10(5)8(6)3;;;;;;;;;;/h4-7,12,14-15,17-18H,8-11H2,1-3H3;6-10H,2-5H2,1H3;2*6-10H,1-5H3;4*1H3;4*1H;;/q;;;;4*-1;;;;;2*+4/p-4. The van der Waals surface area contributed by atoms with Crippen LogP contribution in [0.5, 0.6) is 0 Å². The van der Waals surface area contributed by atoms with Gasteiger partial charge in [0.15, 0.2) is 0 Å². The van der Waals surface area contributed by atoms with Gasteiger partial charge in [-0.1, -0.05) is 111 Å². The van der Waals surface area contributed by atoms with E-state index < -0.39 is 41.7 Å². The monoisotopic (exact) mass is 1200 g/mol. The molecule has 1 aromatic rings. The van der Waals surface area contributed by atoms with Crippen LogP contribution in [0.3, 0.4) is 0 Å². The van der Waals surface area contributed by atoms with Gasteiger partial charge < -0.3 is 34.6 Å². The Bertz CT molecular complexity index is 1140. The summed E-state index contributed by atoms with van der Waals surface area (Å²) in [6, 6.07) is 9.16. The summed E-state index contributed by atoms with van der Waals surface area (Å²) in [5.74, 6) is 15.4. The molecule has 6 aliphatic carbocycles. The molecule has 0 aromatic heterocycles. The van der Waals surface area contributed by atoms with Gasteiger partial charge in [0.1, 0.15) is 0 Å². The Balaban J connectivity index is -0.000000729. The molecule has 0 heterocycles. The first kappa shape index (κ1) is 69.3. The predicted octanol–water partition coefficient (Wildman–Crippen LogP) is 19.6. The number of hydrogen-bond acceptors (Lipinski definition) is 1. The molecule has 0 saturated heterocycles. The first-order chi connectivity index (χ1) is 27.1. The Morgan fingerprint density at radius 2 is 0.742 bits per heavy atom. The van der Waals surface area contributed by atoms with E-state index in [0.29, 0.717) is 21.5 Å². The number of benzene rings is 1. The molecule has 0 N–H and O–H groups in total. The van der Waals surface area contributed by atoms with Crippen molar-refractivity contribution in [2.75, 3.05) is 19.0 Å². The molecule has 62 heavy (non-hydrogen) atoms. The molecule has 10 atom stereocenters. The number of halogens is 7. The van der Waals surface area contributed by atoms with Gasteiger partial charge in [0, 0.05) is 35.4 Å². The fraction of sp³-hybridized carbons (Fsp3) is 0.808.